The maximum Gasteiger partial charge on any atom is 0.0753 e. The van der Waals surface area contributed by atoms with Gasteiger partial charge in [0.25, 0.3) is 0 Å². The van der Waals surface area contributed by atoms with E-state index in [4.69, 9.17) is 0 Å². The number of benzene rings is 1. The highest BCUT2D eigenvalue weighted by Crippen LogP contribution is 2.16. The van der Waals surface area contributed by atoms with E-state index < -0.39 is 0 Å². The van der Waals surface area contributed by atoms with E-state index in [-0.39, 0.29) is 6.04 Å². The van der Waals surface area contributed by atoms with Gasteiger partial charge in [0.2, 0.25) is 0 Å². The molecule has 1 N–H and O–H groups in total. The standard InChI is InChI=1S/C14H17N3/c1-11(13-6-4-3-5-7-13)17-12(2)14-10-15-8-9-16-14/h3-12,17H,1-2H3/t11-,12?/m1/s1. The zero-order valence-electron chi connectivity index (χ0n) is 10.2. The van der Waals surface area contributed by atoms with Gasteiger partial charge < -0.3 is 5.32 Å². The van der Waals surface area contributed by atoms with Crippen LogP contribution in [-0.4, -0.2) is 9.97 Å². The maximum absolute atomic E-state index is 4.30. The summed E-state index contributed by atoms with van der Waals surface area (Å²) in [5.41, 5.74) is 2.25. The minimum Gasteiger partial charge on any atom is -0.302 e. The molecular weight excluding hydrogens is 210 g/mol. The second-order valence-electron chi connectivity index (χ2n) is 4.15. The van der Waals surface area contributed by atoms with E-state index >= 15 is 0 Å². The molecule has 17 heavy (non-hydrogen) atoms. The van der Waals surface area contributed by atoms with Gasteiger partial charge in [-0.2, -0.15) is 0 Å². The molecular formula is C14H17N3. The van der Waals surface area contributed by atoms with Crippen LogP contribution in [0.15, 0.2) is 48.9 Å². The van der Waals surface area contributed by atoms with Gasteiger partial charge >= 0.3 is 0 Å². The minimum absolute atomic E-state index is 0.193. The van der Waals surface area contributed by atoms with Crippen molar-refractivity contribution in [2.75, 3.05) is 0 Å². The van der Waals surface area contributed by atoms with Crippen molar-refractivity contribution in [2.45, 2.75) is 25.9 Å². The van der Waals surface area contributed by atoms with E-state index in [0.29, 0.717) is 6.04 Å². The summed E-state index contributed by atoms with van der Waals surface area (Å²) >= 11 is 0. The Morgan fingerprint density at radius 3 is 2.41 bits per heavy atom. The van der Waals surface area contributed by atoms with Crippen LogP contribution in [0.1, 0.15) is 37.2 Å². The summed E-state index contributed by atoms with van der Waals surface area (Å²) in [4.78, 5) is 8.38. The lowest BCUT2D eigenvalue weighted by Crippen LogP contribution is -2.23. The maximum atomic E-state index is 4.30. The summed E-state index contributed by atoms with van der Waals surface area (Å²) in [6.45, 7) is 4.26. The van der Waals surface area contributed by atoms with E-state index in [0.717, 1.165) is 5.69 Å². The lowest BCUT2D eigenvalue weighted by atomic mass is 10.1. The zero-order chi connectivity index (χ0) is 12.1. The molecule has 1 aromatic carbocycles. The smallest absolute Gasteiger partial charge is 0.0753 e. The fraction of sp³-hybridized carbons (Fsp3) is 0.286. The molecule has 0 saturated heterocycles. The number of aromatic nitrogens is 2. The second-order valence-corrected chi connectivity index (χ2v) is 4.15. The predicted molar refractivity (Wildman–Crippen MR) is 68.4 cm³/mol. The van der Waals surface area contributed by atoms with Crippen molar-refractivity contribution >= 4 is 0 Å². The highest BCUT2D eigenvalue weighted by Gasteiger charge is 2.11. The molecule has 0 aliphatic rings. The highest BCUT2D eigenvalue weighted by molar-refractivity contribution is 5.18. The van der Waals surface area contributed by atoms with Crippen molar-refractivity contribution in [1.82, 2.24) is 15.3 Å². The molecule has 1 aromatic heterocycles. The molecule has 0 fully saturated rings. The van der Waals surface area contributed by atoms with Crippen LogP contribution in [0.3, 0.4) is 0 Å². The first kappa shape index (κ1) is 11.7. The summed E-state index contributed by atoms with van der Waals surface area (Å²) in [6.07, 6.45) is 5.22. The molecule has 88 valence electrons. The fourth-order valence-electron chi connectivity index (χ4n) is 1.83. The van der Waals surface area contributed by atoms with Crippen molar-refractivity contribution in [2.24, 2.45) is 0 Å². The molecule has 3 heteroatoms. The summed E-state index contributed by atoms with van der Waals surface area (Å²) in [6, 6.07) is 10.9. The number of hydrogen-bond donors (Lipinski definition) is 1. The van der Waals surface area contributed by atoms with Crippen molar-refractivity contribution in [3.05, 3.63) is 60.2 Å². The third kappa shape index (κ3) is 3.11. The van der Waals surface area contributed by atoms with Crippen LogP contribution < -0.4 is 5.32 Å². The number of rotatable bonds is 4. The third-order valence-corrected chi connectivity index (χ3v) is 2.83. The predicted octanol–water partition coefficient (Wildman–Crippen LogP) is 2.89. The summed E-state index contributed by atoms with van der Waals surface area (Å²) < 4.78 is 0. The van der Waals surface area contributed by atoms with Crippen LogP contribution >= 0.6 is 0 Å². The molecule has 0 radical (unpaired) electrons. The quantitative estimate of drug-likeness (QED) is 0.872. The first-order chi connectivity index (χ1) is 8.27. The van der Waals surface area contributed by atoms with Crippen LogP contribution in [-0.2, 0) is 0 Å². The summed E-state index contributed by atoms with van der Waals surface area (Å²) in [5.74, 6) is 0. The Labute approximate surface area is 102 Å². The summed E-state index contributed by atoms with van der Waals surface area (Å²) in [7, 11) is 0. The number of nitrogens with zero attached hydrogens (tertiary/aromatic N) is 2. The van der Waals surface area contributed by atoms with Crippen LogP contribution in [0.5, 0.6) is 0 Å². The molecule has 0 saturated carbocycles. The zero-order valence-corrected chi connectivity index (χ0v) is 10.2. The topological polar surface area (TPSA) is 37.8 Å². The SMILES string of the molecule is CC(N[C@H](C)c1ccccc1)c1cnccn1. The molecule has 2 aromatic rings. The van der Waals surface area contributed by atoms with Crippen LogP contribution in [0.25, 0.3) is 0 Å². The molecule has 3 nitrogen and oxygen atoms in total. The molecule has 0 bridgehead atoms. The lowest BCUT2D eigenvalue weighted by Gasteiger charge is -2.19. The van der Waals surface area contributed by atoms with Gasteiger partial charge in [0.1, 0.15) is 0 Å². The molecule has 0 aliphatic carbocycles. The van der Waals surface area contributed by atoms with Crippen molar-refractivity contribution in [3.8, 4) is 0 Å². The van der Waals surface area contributed by atoms with E-state index in [1.807, 2.05) is 6.07 Å². The van der Waals surface area contributed by atoms with Crippen LogP contribution in [0, 0.1) is 0 Å². The van der Waals surface area contributed by atoms with E-state index in [1.54, 1.807) is 18.6 Å². The van der Waals surface area contributed by atoms with Gasteiger partial charge in [0.05, 0.1) is 5.69 Å². The Balaban J connectivity index is 2.02. The molecule has 2 atom stereocenters. The minimum atomic E-state index is 0.193. The van der Waals surface area contributed by atoms with Gasteiger partial charge in [-0.3, -0.25) is 9.97 Å². The fourth-order valence-corrected chi connectivity index (χ4v) is 1.83. The Hall–Kier alpha value is -1.74. The Morgan fingerprint density at radius 2 is 1.76 bits per heavy atom. The van der Waals surface area contributed by atoms with Gasteiger partial charge in [0, 0.05) is 30.7 Å². The first-order valence-electron chi connectivity index (χ1n) is 5.84. The van der Waals surface area contributed by atoms with Gasteiger partial charge in [-0.25, -0.2) is 0 Å². The van der Waals surface area contributed by atoms with E-state index in [9.17, 15) is 0 Å². The lowest BCUT2D eigenvalue weighted by molar-refractivity contribution is 0.485. The highest BCUT2D eigenvalue weighted by atomic mass is 15.0. The normalized spacial score (nSPS) is 14.2. The average Bonchev–Trinajstić information content (AvgIpc) is 2.40. The van der Waals surface area contributed by atoms with Gasteiger partial charge in [-0.15, -0.1) is 0 Å². The third-order valence-electron chi connectivity index (χ3n) is 2.83. The average molecular weight is 227 g/mol. The van der Waals surface area contributed by atoms with Crippen molar-refractivity contribution in [3.63, 3.8) is 0 Å². The van der Waals surface area contributed by atoms with E-state index in [1.165, 1.54) is 5.56 Å². The molecule has 1 unspecified atom stereocenters. The Bertz CT molecular complexity index is 398. The monoisotopic (exact) mass is 227 g/mol. The molecule has 0 amide bonds. The van der Waals surface area contributed by atoms with Gasteiger partial charge in [0.15, 0.2) is 0 Å². The van der Waals surface area contributed by atoms with Gasteiger partial charge in [-0.05, 0) is 19.4 Å². The second kappa shape index (κ2) is 5.55. The largest absolute Gasteiger partial charge is 0.302 e. The Morgan fingerprint density at radius 1 is 1.00 bits per heavy atom. The first-order valence-corrected chi connectivity index (χ1v) is 5.84. The van der Waals surface area contributed by atoms with Crippen LogP contribution in [0.2, 0.25) is 0 Å². The van der Waals surface area contributed by atoms with Gasteiger partial charge in [-0.1, -0.05) is 30.3 Å². The molecule has 2 rings (SSSR count). The molecule has 0 aliphatic heterocycles. The van der Waals surface area contributed by atoms with Crippen LogP contribution in [0.4, 0.5) is 0 Å². The van der Waals surface area contributed by atoms with Crippen molar-refractivity contribution < 1.29 is 0 Å². The van der Waals surface area contributed by atoms with Crippen molar-refractivity contribution in [1.29, 1.82) is 0 Å². The molecule has 0 spiro atoms. The molecule has 1 heterocycles. The number of nitrogens with one attached hydrogen (secondary N) is 1. The summed E-state index contributed by atoms with van der Waals surface area (Å²) in [5, 5.41) is 3.51. The number of hydrogen-bond acceptors (Lipinski definition) is 3. The Kier molecular flexibility index (Phi) is 3.83. The van der Waals surface area contributed by atoms with E-state index in [2.05, 4.69) is 53.4 Å².